The number of rotatable bonds is 3. The molecule has 25 heavy (non-hydrogen) atoms. The smallest absolute Gasteiger partial charge is 0.410 e. The fourth-order valence-corrected chi connectivity index (χ4v) is 3.25. The highest BCUT2D eigenvalue weighted by Crippen LogP contribution is 2.18. The van der Waals surface area contributed by atoms with Crippen molar-refractivity contribution in [2.45, 2.75) is 66.2 Å². The monoisotopic (exact) mass is 355 g/mol. The Balaban J connectivity index is 2.74. The molecule has 7 nitrogen and oxygen atoms in total. The zero-order chi connectivity index (χ0) is 19.5. The Hall–Kier alpha value is -1.79. The van der Waals surface area contributed by atoms with Crippen LogP contribution in [0.5, 0.6) is 0 Å². The second-order valence-electron chi connectivity index (χ2n) is 8.16. The van der Waals surface area contributed by atoms with Crippen molar-refractivity contribution in [2.24, 2.45) is 5.92 Å². The lowest BCUT2D eigenvalue weighted by Gasteiger charge is -2.42. The zero-order valence-electron chi connectivity index (χ0n) is 16.8. The van der Waals surface area contributed by atoms with Crippen molar-refractivity contribution in [3.63, 3.8) is 0 Å². The predicted molar refractivity (Wildman–Crippen MR) is 96.4 cm³/mol. The van der Waals surface area contributed by atoms with Crippen LogP contribution in [0.2, 0.25) is 0 Å². The SMILES string of the molecule is CC(=O)[C@H](C(C)C)N(C)C(=O)N1CCN(C(=O)OC(C)(C)C)[C@H](C)C1. The summed E-state index contributed by atoms with van der Waals surface area (Å²) in [6.07, 6.45) is -0.357. The van der Waals surface area contributed by atoms with Gasteiger partial charge in [-0.15, -0.1) is 0 Å². The minimum absolute atomic E-state index is 0.0220. The summed E-state index contributed by atoms with van der Waals surface area (Å²) in [6.45, 7) is 14.0. The van der Waals surface area contributed by atoms with Gasteiger partial charge >= 0.3 is 12.1 Å². The second kappa shape index (κ2) is 8.06. The van der Waals surface area contributed by atoms with E-state index in [-0.39, 0.29) is 29.9 Å². The molecule has 1 aliphatic rings. The zero-order valence-corrected chi connectivity index (χ0v) is 16.8. The van der Waals surface area contributed by atoms with E-state index in [0.29, 0.717) is 19.6 Å². The third kappa shape index (κ3) is 5.61. The number of urea groups is 1. The van der Waals surface area contributed by atoms with E-state index in [1.54, 1.807) is 16.8 Å². The van der Waals surface area contributed by atoms with Crippen LogP contribution in [0.3, 0.4) is 0 Å². The summed E-state index contributed by atoms with van der Waals surface area (Å²) in [4.78, 5) is 41.8. The van der Waals surface area contributed by atoms with Crippen LogP contribution in [0.15, 0.2) is 0 Å². The Bertz CT molecular complexity index is 513. The van der Waals surface area contributed by atoms with Gasteiger partial charge in [0.15, 0.2) is 5.78 Å². The number of carbonyl (C=O) groups is 3. The molecule has 0 saturated carbocycles. The molecule has 0 aromatic rings. The van der Waals surface area contributed by atoms with Gasteiger partial charge in [0.2, 0.25) is 0 Å². The number of Topliss-reactive ketones (excluding diaryl/α,β-unsaturated/α-hetero) is 1. The molecule has 0 aromatic heterocycles. The van der Waals surface area contributed by atoms with Crippen molar-refractivity contribution in [3.05, 3.63) is 0 Å². The molecule has 2 atom stereocenters. The maximum atomic E-state index is 12.8. The van der Waals surface area contributed by atoms with E-state index < -0.39 is 11.6 Å². The first kappa shape index (κ1) is 21.3. The lowest BCUT2D eigenvalue weighted by molar-refractivity contribution is -0.122. The molecule has 0 aliphatic carbocycles. The van der Waals surface area contributed by atoms with Crippen molar-refractivity contribution in [3.8, 4) is 0 Å². The van der Waals surface area contributed by atoms with Gasteiger partial charge in [-0.3, -0.25) is 4.79 Å². The number of nitrogens with zero attached hydrogens (tertiary/aromatic N) is 3. The fourth-order valence-electron chi connectivity index (χ4n) is 3.25. The summed E-state index contributed by atoms with van der Waals surface area (Å²) < 4.78 is 5.42. The van der Waals surface area contributed by atoms with Crippen molar-refractivity contribution in [1.82, 2.24) is 14.7 Å². The Morgan fingerprint density at radius 1 is 1.16 bits per heavy atom. The molecule has 3 amide bonds. The molecule has 0 spiro atoms. The van der Waals surface area contributed by atoms with Crippen LogP contribution in [-0.4, -0.2) is 77.0 Å². The first-order valence-electron chi connectivity index (χ1n) is 8.87. The molecule has 1 fully saturated rings. The molecule has 0 N–H and O–H groups in total. The number of ketones is 1. The third-order valence-corrected chi connectivity index (χ3v) is 4.29. The molecular formula is C18H33N3O4. The summed E-state index contributed by atoms with van der Waals surface area (Å²) in [5.74, 6) is 0.0261. The minimum atomic E-state index is -0.546. The van der Waals surface area contributed by atoms with Gasteiger partial charge in [-0.1, -0.05) is 13.8 Å². The van der Waals surface area contributed by atoms with Gasteiger partial charge in [0.1, 0.15) is 5.60 Å². The van der Waals surface area contributed by atoms with Gasteiger partial charge in [0, 0.05) is 32.7 Å². The van der Waals surface area contributed by atoms with Crippen molar-refractivity contribution in [2.75, 3.05) is 26.7 Å². The van der Waals surface area contributed by atoms with E-state index in [0.717, 1.165) is 0 Å². The largest absolute Gasteiger partial charge is 0.444 e. The maximum absolute atomic E-state index is 12.8. The minimum Gasteiger partial charge on any atom is -0.444 e. The molecule has 7 heteroatoms. The fraction of sp³-hybridized carbons (Fsp3) is 0.833. The number of hydrogen-bond donors (Lipinski definition) is 0. The first-order chi connectivity index (χ1) is 11.3. The number of ether oxygens (including phenoxy) is 1. The van der Waals surface area contributed by atoms with Crippen molar-refractivity contribution >= 4 is 17.9 Å². The highest BCUT2D eigenvalue weighted by molar-refractivity contribution is 5.87. The van der Waals surface area contributed by atoms with Crippen molar-refractivity contribution in [1.29, 1.82) is 0 Å². The maximum Gasteiger partial charge on any atom is 0.410 e. The van der Waals surface area contributed by atoms with Crippen LogP contribution in [0, 0.1) is 5.92 Å². The normalized spacial score (nSPS) is 19.6. The summed E-state index contributed by atoms with van der Waals surface area (Å²) in [5.41, 5.74) is -0.546. The van der Waals surface area contributed by atoms with Crippen LogP contribution >= 0.6 is 0 Å². The Labute approximate surface area is 151 Å². The third-order valence-electron chi connectivity index (χ3n) is 4.29. The van der Waals surface area contributed by atoms with E-state index in [4.69, 9.17) is 4.74 Å². The standard InChI is InChI=1S/C18H33N3O4/c1-12(2)15(14(4)22)19(8)16(23)20-9-10-21(13(3)11-20)17(24)25-18(5,6)7/h12-13,15H,9-11H2,1-8H3/t13-,15+/m1/s1. The molecule has 0 bridgehead atoms. The van der Waals surface area contributed by atoms with Crippen LogP contribution < -0.4 is 0 Å². The number of likely N-dealkylation sites (N-methyl/N-ethyl adjacent to an activating group) is 1. The van der Waals surface area contributed by atoms with E-state index in [9.17, 15) is 14.4 Å². The van der Waals surface area contributed by atoms with Gasteiger partial charge in [-0.05, 0) is 40.5 Å². The molecule has 1 aliphatic heterocycles. The molecule has 144 valence electrons. The van der Waals surface area contributed by atoms with Gasteiger partial charge in [-0.2, -0.15) is 0 Å². The van der Waals surface area contributed by atoms with Crippen molar-refractivity contribution < 1.29 is 19.1 Å². The van der Waals surface area contributed by atoms with Crippen LogP contribution in [0.4, 0.5) is 9.59 Å². The Morgan fingerprint density at radius 2 is 1.72 bits per heavy atom. The predicted octanol–water partition coefficient (Wildman–Crippen LogP) is 2.59. The van der Waals surface area contributed by atoms with Crippen LogP contribution in [0.1, 0.15) is 48.5 Å². The van der Waals surface area contributed by atoms with E-state index in [2.05, 4.69) is 0 Å². The highest BCUT2D eigenvalue weighted by atomic mass is 16.6. The van der Waals surface area contributed by atoms with Gasteiger partial charge in [-0.25, -0.2) is 9.59 Å². The topological polar surface area (TPSA) is 70.2 Å². The molecular weight excluding hydrogens is 322 g/mol. The molecule has 0 aromatic carbocycles. The lowest BCUT2D eigenvalue weighted by Crippen LogP contribution is -2.59. The molecule has 0 radical (unpaired) electrons. The summed E-state index contributed by atoms with van der Waals surface area (Å²) in [6, 6.07) is -0.757. The van der Waals surface area contributed by atoms with Gasteiger partial charge < -0.3 is 19.4 Å². The molecule has 1 saturated heterocycles. The van der Waals surface area contributed by atoms with E-state index >= 15 is 0 Å². The number of carbonyl (C=O) groups excluding carboxylic acids is 3. The summed E-state index contributed by atoms with van der Waals surface area (Å²) in [7, 11) is 1.67. The highest BCUT2D eigenvalue weighted by Gasteiger charge is 2.35. The van der Waals surface area contributed by atoms with Crippen LogP contribution in [0.25, 0.3) is 0 Å². The Kier molecular flexibility index (Phi) is 6.85. The number of amides is 3. The average Bonchev–Trinajstić information content (AvgIpc) is 2.43. The summed E-state index contributed by atoms with van der Waals surface area (Å²) >= 11 is 0. The van der Waals surface area contributed by atoms with E-state index in [1.165, 1.54) is 11.8 Å². The molecule has 1 heterocycles. The summed E-state index contributed by atoms with van der Waals surface area (Å²) in [5, 5.41) is 0. The Morgan fingerprint density at radius 3 is 2.12 bits per heavy atom. The quantitative estimate of drug-likeness (QED) is 0.780. The first-order valence-corrected chi connectivity index (χ1v) is 8.87. The van der Waals surface area contributed by atoms with Gasteiger partial charge in [0.05, 0.1) is 6.04 Å². The number of piperazine rings is 1. The molecule has 0 unspecified atom stereocenters. The van der Waals surface area contributed by atoms with E-state index in [1.807, 2.05) is 41.5 Å². The lowest BCUT2D eigenvalue weighted by atomic mass is 9.99. The number of hydrogen-bond acceptors (Lipinski definition) is 4. The van der Waals surface area contributed by atoms with Crippen LogP contribution in [-0.2, 0) is 9.53 Å². The molecule has 1 rings (SSSR count). The van der Waals surface area contributed by atoms with Gasteiger partial charge in [0.25, 0.3) is 0 Å². The average molecular weight is 355 g/mol. The second-order valence-corrected chi connectivity index (χ2v) is 8.16.